The van der Waals surface area contributed by atoms with Crippen molar-refractivity contribution >= 4 is 22.6 Å². The number of ether oxygens (including phenoxy) is 1. The second-order valence-electron chi connectivity index (χ2n) is 9.54. The summed E-state index contributed by atoms with van der Waals surface area (Å²) in [6.45, 7) is 0.777. The third-order valence-corrected chi connectivity index (χ3v) is 6.67. The first kappa shape index (κ1) is 27.4. The Kier molecular flexibility index (Phi) is 8.00. The molecule has 1 N–H and O–H groups in total. The predicted molar refractivity (Wildman–Crippen MR) is 152 cm³/mol. The van der Waals surface area contributed by atoms with Gasteiger partial charge in [-0.15, -0.1) is 0 Å². The number of hydrogen-bond acceptors (Lipinski definition) is 6. The molecule has 0 radical (unpaired) electrons. The molecule has 0 atom stereocenters. The Hall–Kier alpha value is -5.12. The van der Waals surface area contributed by atoms with Crippen molar-refractivity contribution in [2.45, 2.75) is 19.6 Å². The Morgan fingerprint density at radius 1 is 0.951 bits per heavy atom. The number of benzene rings is 3. The van der Waals surface area contributed by atoms with Crippen molar-refractivity contribution in [3.05, 3.63) is 130 Å². The fourth-order valence-electron chi connectivity index (χ4n) is 4.53. The number of carbonyl (C=O) groups excluding carboxylic acids is 1. The lowest BCUT2D eigenvalue weighted by atomic mass is 10.1. The quantitative estimate of drug-likeness (QED) is 0.284. The Bertz CT molecular complexity index is 1770. The Balaban J connectivity index is 1.31. The van der Waals surface area contributed by atoms with Gasteiger partial charge in [0.25, 0.3) is 11.5 Å². The van der Waals surface area contributed by atoms with Crippen molar-refractivity contribution < 1.29 is 18.3 Å². The van der Waals surface area contributed by atoms with Gasteiger partial charge in [0.2, 0.25) is 0 Å². The van der Waals surface area contributed by atoms with E-state index in [0.29, 0.717) is 12.1 Å². The van der Waals surface area contributed by atoms with E-state index in [1.165, 1.54) is 29.2 Å². The molecule has 0 aliphatic rings. The average molecular weight is 556 g/mol. The number of nitrogens with zero attached hydrogens (tertiary/aromatic N) is 4. The van der Waals surface area contributed by atoms with Crippen LogP contribution in [0.25, 0.3) is 10.9 Å². The molecule has 0 aliphatic heterocycles. The standard InChI is InChI=1S/C31H27F2N5O3/c1-37(17-20-5-9-23(41-2)10-6-20)29-25-14-21(8-12-28(25)35-19-36-29)16-34-30(39)24-4-3-13-38(31(24)40)18-22-7-11-26(32)27(33)15-22/h3-15,19H,16-18H2,1-2H3,(H,34,39). The molecule has 0 saturated carbocycles. The topological polar surface area (TPSA) is 89.3 Å². The smallest absolute Gasteiger partial charge is 0.263 e. The first-order valence-electron chi connectivity index (χ1n) is 12.8. The summed E-state index contributed by atoms with van der Waals surface area (Å²) >= 11 is 0. The number of nitrogens with one attached hydrogen (secondary N) is 1. The summed E-state index contributed by atoms with van der Waals surface area (Å²) in [5, 5.41) is 3.62. The molecule has 41 heavy (non-hydrogen) atoms. The summed E-state index contributed by atoms with van der Waals surface area (Å²) in [4.78, 5) is 36.8. The molecule has 0 spiro atoms. The summed E-state index contributed by atoms with van der Waals surface area (Å²) in [7, 11) is 3.57. The van der Waals surface area contributed by atoms with Gasteiger partial charge in [-0.2, -0.15) is 0 Å². The van der Waals surface area contributed by atoms with Gasteiger partial charge in [0, 0.05) is 31.7 Å². The number of halogens is 2. The maximum Gasteiger partial charge on any atom is 0.263 e. The number of fused-ring (bicyclic) bond motifs is 1. The molecule has 1 amide bonds. The van der Waals surface area contributed by atoms with Crippen molar-refractivity contribution in [1.82, 2.24) is 19.9 Å². The highest BCUT2D eigenvalue weighted by Gasteiger charge is 2.14. The van der Waals surface area contributed by atoms with E-state index in [-0.39, 0.29) is 18.7 Å². The van der Waals surface area contributed by atoms with Gasteiger partial charge in [0.1, 0.15) is 23.5 Å². The average Bonchev–Trinajstić information content (AvgIpc) is 2.98. The minimum atomic E-state index is -1.000. The number of hydrogen-bond donors (Lipinski definition) is 1. The highest BCUT2D eigenvalue weighted by molar-refractivity contribution is 5.94. The van der Waals surface area contributed by atoms with Crippen molar-refractivity contribution in [2.75, 3.05) is 19.1 Å². The van der Waals surface area contributed by atoms with Gasteiger partial charge in [0.15, 0.2) is 11.6 Å². The highest BCUT2D eigenvalue weighted by Crippen LogP contribution is 2.25. The minimum absolute atomic E-state index is 0.00531. The molecule has 0 unspecified atom stereocenters. The summed E-state index contributed by atoms with van der Waals surface area (Å²) in [5.41, 5.74) is 2.45. The lowest BCUT2D eigenvalue weighted by Crippen LogP contribution is -2.32. The normalized spacial score (nSPS) is 10.9. The van der Waals surface area contributed by atoms with E-state index in [1.54, 1.807) is 13.2 Å². The number of anilines is 1. The van der Waals surface area contributed by atoms with E-state index in [2.05, 4.69) is 15.3 Å². The van der Waals surface area contributed by atoms with Crippen LogP contribution >= 0.6 is 0 Å². The van der Waals surface area contributed by atoms with Gasteiger partial charge in [-0.05, 0) is 65.2 Å². The summed E-state index contributed by atoms with van der Waals surface area (Å²) in [5.74, 6) is -0.989. The zero-order valence-electron chi connectivity index (χ0n) is 22.5. The van der Waals surface area contributed by atoms with Crippen molar-refractivity contribution in [3.63, 3.8) is 0 Å². The molecule has 8 nitrogen and oxygen atoms in total. The van der Waals surface area contributed by atoms with Gasteiger partial charge < -0.3 is 19.5 Å². The highest BCUT2D eigenvalue weighted by atomic mass is 19.2. The fourth-order valence-corrected chi connectivity index (χ4v) is 4.53. The SMILES string of the molecule is COc1ccc(CN(C)c2ncnc3ccc(CNC(=O)c4cccn(Cc5ccc(F)c(F)c5)c4=O)cc23)cc1. The molecular formula is C31H27F2N5O3. The largest absolute Gasteiger partial charge is 0.497 e. The van der Waals surface area contributed by atoms with Gasteiger partial charge >= 0.3 is 0 Å². The van der Waals surface area contributed by atoms with Gasteiger partial charge in [0.05, 0.1) is 19.2 Å². The third-order valence-electron chi connectivity index (χ3n) is 6.67. The number of carbonyl (C=O) groups is 1. The van der Waals surface area contributed by atoms with E-state index in [1.807, 2.05) is 54.4 Å². The van der Waals surface area contributed by atoms with Crippen LogP contribution in [0.4, 0.5) is 14.6 Å². The molecule has 208 valence electrons. The maximum absolute atomic E-state index is 13.6. The van der Waals surface area contributed by atoms with Gasteiger partial charge in [-0.3, -0.25) is 9.59 Å². The molecule has 2 heterocycles. The van der Waals surface area contributed by atoms with E-state index in [0.717, 1.165) is 45.7 Å². The monoisotopic (exact) mass is 555 g/mol. The zero-order valence-corrected chi connectivity index (χ0v) is 22.5. The van der Waals surface area contributed by atoms with E-state index in [9.17, 15) is 18.4 Å². The second kappa shape index (κ2) is 12.0. The summed E-state index contributed by atoms with van der Waals surface area (Å²) < 4.78 is 33.4. The molecule has 10 heteroatoms. The van der Waals surface area contributed by atoms with Crippen molar-refractivity contribution in [2.24, 2.45) is 0 Å². The lowest BCUT2D eigenvalue weighted by Gasteiger charge is -2.20. The third kappa shape index (κ3) is 6.22. The van der Waals surface area contributed by atoms with Crippen LogP contribution in [0.15, 0.2) is 90.1 Å². The van der Waals surface area contributed by atoms with Crippen molar-refractivity contribution in [3.8, 4) is 5.75 Å². The predicted octanol–water partition coefficient (Wildman–Crippen LogP) is 4.69. The Morgan fingerprint density at radius 2 is 1.71 bits per heavy atom. The number of aromatic nitrogens is 3. The van der Waals surface area contributed by atoms with Crippen LogP contribution in [0.1, 0.15) is 27.0 Å². The molecule has 0 fully saturated rings. The van der Waals surface area contributed by atoms with Crippen LogP contribution in [-0.2, 0) is 19.6 Å². The van der Waals surface area contributed by atoms with Crippen molar-refractivity contribution in [1.29, 1.82) is 0 Å². The van der Waals surface area contributed by atoms with Crippen LogP contribution in [0.3, 0.4) is 0 Å². The van der Waals surface area contributed by atoms with E-state index < -0.39 is 23.1 Å². The van der Waals surface area contributed by atoms with Crippen LogP contribution < -0.4 is 20.5 Å². The maximum atomic E-state index is 13.6. The van der Waals surface area contributed by atoms with Gasteiger partial charge in [-0.25, -0.2) is 18.7 Å². The van der Waals surface area contributed by atoms with Gasteiger partial charge in [-0.1, -0.05) is 24.3 Å². The second-order valence-corrected chi connectivity index (χ2v) is 9.54. The van der Waals surface area contributed by atoms with Crippen LogP contribution in [0.2, 0.25) is 0 Å². The number of rotatable bonds is 9. The molecular weight excluding hydrogens is 528 g/mol. The molecule has 3 aromatic carbocycles. The molecule has 5 rings (SSSR count). The molecule has 5 aromatic rings. The number of amides is 1. The molecule has 0 aliphatic carbocycles. The lowest BCUT2D eigenvalue weighted by molar-refractivity contribution is 0.0949. The Morgan fingerprint density at radius 3 is 2.46 bits per heavy atom. The first-order valence-corrected chi connectivity index (χ1v) is 12.8. The minimum Gasteiger partial charge on any atom is -0.497 e. The van der Waals surface area contributed by atoms with E-state index in [4.69, 9.17) is 4.74 Å². The fraction of sp³-hybridized carbons (Fsp3) is 0.161. The van der Waals surface area contributed by atoms with Crippen LogP contribution in [0, 0.1) is 11.6 Å². The number of methoxy groups -OCH3 is 1. The first-order chi connectivity index (χ1) is 19.8. The number of pyridine rings is 1. The zero-order chi connectivity index (χ0) is 28.9. The Labute approximate surface area is 234 Å². The van der Waals surface area contributed by atoms with Crippen LogP contribution in [0.5, 0.6) is 5.75 Å². The summed E-state index contributed by atoms with van der Waals surface area (Å²) in [6, 6.07) is 19.9. The van der Waals surface area contributed by atoms with Crippen LogP contribution in [-0.4, -0.2) is 34.6 Å². The summed E-state index contributed by atoms with van der Waals surface area (Å²) in [6.07, 6.45) is 3.01. The van der Waals surface area contributed by atoms with E-state index >= 15 is 0 Å². The molecule has 0 bridgehead atoms. The molecule has 0 saturated heterocycles. The molecule has 2 aromatic heterocycles.